The summed E-state index contributed by atoms with van der Waals surface area (Å²) in [5.74, 6) is 0. The van der Waals surface area contributed by atoms with E-state index in [1.807, 2.05) is 30.3 Å². The van der Waals surface area contributed by atoms with Gasteiger partial charge in [0.05, 0.1) is 15.8 Å². The van der Waals surface area contributed by atoms with Crippen molar-refractivity contribution in [2.75, 3.05) is 0 Å². The second-order valence-electron chi connectivity index (χ2n) is 5.47. The first kappa shape index (κ1) is 13.2. The second-order valence-corrected chi connectivity index (χ2v) is 6.48. The van der Waals surface area contributed by atoms with E-state index in [2.05, 4.69) is 31.0 Å². The quantitative estimate of drug-likeness (QED) is 0.528. The Morgan fingerprint density at radius 3 is 2.55 bits per heavy atom. The van der Waals surface area contributed by atoms with E-state index in [9.17, 15) is 4.79 Å². The molecule has 0 unspecified atom stereocenters. The number of fused-ring (bicyclic) bond motifs is 3. The van der Waals surface area contributed by atoms with Crippen molar-refractivity contribution >= 4 is 26.5 Å². The molecule has 3 nitrogen and oxygen atoms in total. The molecule has 22 heavy (non-hydrogen) atoms. The molecule has 0 aliphatic carbocycles. The van der Waals surface area contributed by atoms with Crippen LogP contribution >= 0.6 is 11.3 Å². The molecule has 0 fully saturated rings. The highest BCUT2D eigenvalue weighted by Gasteiger charge is 2.13. The molecule has 2 aromatic heterocycles. The van der Waals surface area contributed by atoms with Gasteiger partial charge in [-0.2, -0.15) is 0 Å². The summed E-state index contributed by atoms with van der Waals surface area (Å²) in [7, 11) is 0. The summed E-state index contributed by atoms with van der Waals surface area (Å²) in [6.07, 6.45) is 1.68. The van der Waals surface area contributed by atoms with E-state index >= 15 is 0 Å². The number of hydrogen-bond acceptors (Lipinski definition) is 3. The molecule has 0 spiro atoms. The lowest BCUT2D eigenvalue weighted by molar-refractivity contribution is 1.12. The first-order chi connectivity index (χ1) is 10.6. The van der Waals surface area contributed by atoms with Gasteiger partial charge >= 0.3 is 0 Å². The van der Waals surface area contributed by atoms with Crippen LogP contribution in [0.1, 0.15) is 11.1 Å². The van der Waals surface area contributed by atoms with E-state index in [0.29, 0.717) is 5.56 Å². The third kappa shape index (κ3) is 1.88. The normalized spacial score (nSPS) is 11.4. The van der Waals surface area contributed by atoms with Crippen molar-refractivity contribution in [3.63, 3.8) is 0 Å². The largest absolute Gasteiger partial charge is 0.268 e. The molecule has 0 atom stereocenters. The fourth-order valence-corrected chi connectivity index (χ4v) is 3.73. The molecular weight excluding hydrogens is 292 g/mol. The Bertz CT molecular complexity index is 1060. The first-order valence-corrected chi connectivity index (χ1v) is 7.94. The van der Waals surface area contributed by atoms with Crippen LogP contribution in [-0.2, 0) is 0 Å². The lowest BCUT2D eigenvalue weighted by Gasteiger charge is -2.03. The molecule has 0 saturated carbocycles. The van der Waals surface area contributed by atoms with Crippen molar-refractivity contribution in [3.8, 4) is 11.1 Å². The maximum atomic E-state index is 12.9. The molecule has 0 N–H and O–H groups in total. The summed E-state index contributed by atoms with van der Waals surface area (Å²) >= 11 is 1.55. The van der Waals surface area contributed by atoms with Crippen molar-refractivity contribution in [1.29, 1.82) is 0 Å². The SMILES string of the molecule is Cc1cc2sc3ncc(-c4ccccc4)c(=O)n3c2cc1C. The smallest absolute Gasteiger partial charge is 0.266 e. The number of benzene rings is 2. The molecule has 4 heteroatoms. The number of rotatable bonds is 1. The Balaban J connectivity index is 2.12. The predicted molar refractivity (Wildman–Crippen MR) is 91.8 cm³/mol. The lowest BCUT2D eigenvalue weighted by Crippen LogP contribution is -2.15. The highest BCUT2D eigenvalue weighted by molar-refractivity contribution is 7.23. The minimum absolute atomic E-state index is 0.00861. The zero-order valence-corrected chi connectivity index (χ0v) is 13.1. The van der Waals surface area contributed by atoms with Gasteiger partial charge in [0.25, 0.3) is 5.56 Å². The standard InChI is InChI=1S/C18H14N2OS/c1-11-8-15-16(9-12(11)2)22-18-19-10-14(17(21)20(15)18)13-6-4-3-5-7-13/h3-10H,1-2H3. The Labute approximate surface area is 131 Å². The van der Waals surface area contributed by atoms with E-state index < -0.39 is 0 Å². The number of hydrogen-bond donors (Lipinski definition) is 0. The maximum absolute atomic E-state index is 12.9. The zero-order valence-electron chi connectivity index (χ0n) is 12.3. The first-order valence-electron chi connectivity index (χ1n) is 7.12. The number of nitrogens with zero attached hydrogens (tertiary/aromatic N) is 2. The Hall–Kier alpha value is -2.46. The topological polar surface area (TPSA) is 34.4 Å². The van der Waals surface area contributed by atoms with E-state index in [-0.39, 0.29) is 5.56 Å². The minimum Gasteiger partial charge on any atom is -0.268 e. The van der Waals surface area contributed by atoms with Crippen LogP contribution in [0.25, 0.3) is 26.3 Å². The van der Waals surface area contributed by atoms with Gasteiger partial charge in [-0.1, -0.05) is 41.7 Å². The summed E-state index contributed by atoms with van der Waals surface area (Å²) in [4.78, 5) is 18.2. The van der Waals surface area contributed by atoms with Crippen molar-refractivity contribution in [1.82, 2.24) is 9.38 Å². The molecule has 0 radical (unpaired) electrons. The monoisotopic (exact) mass is 306 g/mol. The highest BCUT2D eigenvalue weighted by Crippen LogP contribution is 2.27. The third-order valence-electron chi connectivity index (χ3n) is 4.03. The summed E-state index contributed by atoms with van der Waals surface area (Å²) in [6, 6.07) is 13.9. The molecule has 0 bridgehead atoms. The lowest BCUT2D eigenvalue weighted by atomic mass is 10.1. The van der Waals surface area contributed by atoms with Gasteiger partial charge in [0, 0.05) is 6.20 Å². The van der Waals surface area contributed by atoms with Crippen LogP contribution in [0.3, 0.4) is 0 Å². The Kier molecular flexibility index (Phi) is 2.87. The average molecular weight is 306 g/mol. The Morgan fingerprint density at radius 1 is 1.05 bits per heavy atom. The van der Waals surface area contributed by atoms with Gasteiger partial charge in [0.2, 0.25) is 0 Å². The molecule has 2 heterocycles. The Morgan fingerprint density at radius 2 is 1.77 bits per heavy atom. The van der Waals surface area contributed by atoms with Crippen molar-refractivity contribution in [2.45, 2.75) is 13.8 Å². The second kappa shape index (κ2) is 4.78. The van der Waals surface area contributed by atoms with Crippen molar-refractivity contribution < 1.29 is 0 Å². The molecule has 0 aliphatic heterocycles. The van der Waals surface area contributed by atoms with Crippen LogP contribution in [0.4, 0.5) is 0 Å². The maximum Gasteiger partial charge on any atom is 0.266 e. The van der Waals surface area contributed by atoms with Gasteiger partial charge in [0.1, 0.15) is 0 Å². The van der Waals surface area contributed by atoms with Crippen LogP contribution in [0.15, 0.2) is 53.5 Å². The zero-order chi connectivity index (χ0) is 15.3. The predicted octanol–water partition coefficient (Wildman–Crippen LogP) is 4.19. The van der Waals surface area contributed by atoms with Crippen LogP contribution in [0.2, 0.25) is 0 Å². The van der Waals surface area contributed by atoms with Crippen molar-refractivity contribution in [2.24, 2.45) is 0 Å². The van der Waals surface area contributed by atoms with Gasteiger partial charge in [-0.15, -0.1) is 0 Å². The molecule has 0 saturated heterocycles. The van der Waals surface area contributed by atoms with Crippen LogP contribution in [0.5, 0.6) is 0 Å². The van der Waals surface area contributed by atoms with Gasteiger partial charge < -0.3 is 0 Å². The van der Waals surface area contributed by atoms with Crippen LogP contribution < -0.4 is 5.56 Å². The molecular formula is C18H14N2OS. The fourth-order valence-electron chi connectivity index (χ4n) is 2.67. The summed E-state index contributed by atoms with van der Waals surface area (Å²) in [6.45, 7) is 4.16. The molecule has 0 aliphatic rings. The molecule has 0 amide bonds. The van der Waals surface area contributed by atoms with E-state index in [1.54, 1.807) is 21.9 Å². The number of aromatic nitrogens is 2. The van der Waals surface area contributed by atoms with Gasteiger partial charge in [0.15, 0.2) is 4.96 Å². The summed E-state index contributed by atoms with van der Waals surface area (Å²) < 4.78 is 2.83. The van der Waals surface area contributed by atoms with E-state index in [1.165, 1.54) is 11.1 Å². The average Bonchev–Trinajstić information content (AvgIpc) is 2.87. The van der Waals surface area contributed by atoms with E-state index in [0.717, 1.165) is 20.7 Å². The fraction of sp³-hybridized carbons (Fsp3) is 0.111. The number of thiazole rings is 1. The van der Waals surface area contributed by atoms with Gasteiger partial charge in [-0.3, -0.25) is 9.20 Å². The van der Waals surface area contributed by atoms with Crippen molar-refractivity contribution in [3.05, 3.63) is 70.1 Å². The van der Waals surface area contributed by atoms with Crippen LogP contribution in [0, 0.1) is 13.8 Å². The molecule has 2 aromatic carbocycles. The molecule has 108 valence electrons. The molecule has 4 rings (SSSR count). The van der Waals surface area contributed by atoms with Crippen LogP contribution in [-0.4, -0.2) is 9.38 Å². The van der Waals surface area contributed by atoms with Gasteiger partial charge in [-0.25, -0.2) is 4.98 Å². The summed E-state index contributed by atoms with van der Waals surface area (Å²) in [5, 5.41) is 0. The van der Waals surface area contributed by atoms with Gasteiger partial charge in [-0.05, 0) is 42.7 Å². The minimum atomic E-state index is -0.00861. The number of aryl methyl sites for hydroxylation is 2. The molecule has 4 aromatic rings. The third-order valence-corrected chi connectivity index (χ3v) is 5.05. The highest BCUT2D eigenvalue weighted by atomic mass is 32.1. The summed E-state index contributed by atoms with van der Waals surface area (Å²) in [5.41, 5.74) is 4.89. The van der Waals surface area contributed by atoms with E-state index in [4.69, 9.17) is 0 Å².